The van der Waals surface area contributed by atoms with Gasteiger partial charge in [0.05, 0.1) is 0 Å². The molecule has 86 valence electrons. The van der Waals surface area contributed by atoms with E-state index in [9.17, 15) is 0 Å². The highest BCUT2D eigenvalue weighted by Crippen LogP contribution is 2.49. The molecule has 0 saturated carbocycles. The lowest BCUT2D eigenvalue weighted by Gasteiger charge is -2.28. The Morgan fingerprint density at radius 1 is 0.706 bits per heavy atom. The fourth-order valence-corrected chi connectivity index (χ4v) is 2.68. The van der Waals surface area contributed by atoms with Crippen LogP contribution in [-0.4, -0.2) is 14.2 Å². The van der Waals surface area contributed by atoms with Crippen LogP contribution in [0.4, 0.5) is 0 Å². The third kappa shape index (κ3) is 1.22. The molecule has 0 N–H and O–H groups in total. The maximum atomic E-state index is 5.68. The molecule has 3 rings (SSSR count). The maximum Gasteiger partial charge on any atom is 0.223 e. The normalized spacial score (nSPS) is 15.4. The Hall–Kier alpha value is -1.64. The molecule has 17 heavy (non-hydrogen) atoms. The molecule has 2 aromatic rings. The number of methoxy groups -OCH3 is 2. The molecule has 0 bridgehead atoms. The van der Waals surface area contributed by atoms with E-state index in [2.05, 4.69) is 24.3 Å². The zero-order valence-corrected chi connectivity index (χ0v) is 9.94. The van der Waals surface area contributed by atoms with Gasteiger partial charge in [0.2, 0.25) is 5.79 Å². The van der Waals surface area contributed by atoms with E-state index in [1.54, 1.807) is 14.2 Å². The van der Waals surface area contributed by atoms with Crippen molar-refractivity contribution in [2.24, 2.45) is 0 Å². The topological polar surface area (TPSA) is 18.5 Å². The predicted octanol–water partition coefficient (Wildman–Crippen LogP) is 3.16. The second-order valence-electron chi connectivity index (χ2n) is 4.12. The Morgan fingerprint density at radius 3 is 1.53 bits per heavy atom. The fourth-order valence-electron chi connectivity index (χ4n) is 2.68. The number of benzene rings is 2. The van der Waals surface area contributed by atoms with Gasteiger partial charge in [0.15, 0.2) is 0 Å². The molecule has 0 spiro atoms. The third-order valence-corrected chi connectivity index (χ3v) is 3.43. The van der Waals surface area contributed by atoms with Gasteiger partial charge in [-0.3, -0.25) is 0 Å². The van der Waals surface area contributed by atoms with Gasteiger partial charge in [-0.1, -0.05) is 48.5 Å². The van der Waals surface area contributed by atoms with Gasteiger partial charge in [-0.2, -0.15) is 0 Å². The van der Waals surface area contributed by atoms with E-state index in [1.807, 2.05) is 24.3 Å². The van der Waals surface area contributed by atoms with E-state index in [0.29, 0.717) is 0 Å². The van der Waals surface area contributed by atoms with Gasteiger partial charge in [-0.05, 0) is 11.1 Å². The summed E-state index contributed by atoms with van der Waals surface area (Å²) >= 11 is 0. The van der Waals surface area contributed by atoms with Gasteiger partial charge in [-0.15, -0.1) is 0 Å². The summed E-state index contributed by atoms with van der Waals surface area (Å²) in [5.74, 6) is -0.757. The highest BCUT2D eigenvalue weighted by molar-refractivity contribution is 5.79. The van der Waals surface area contributed by atoms with E-state index in [0.717, 1.165) is 11.1 Å². The van der Waals surface area contributed by atoms with Crippen molar-refractivity contribution in [3.05, 3.63) is 59.7 Å². The molecule has 0 aliphatic heterocycles. The lowest BCUT2D eigenvalue weighted by atomic mass is 10.0. The van der Waals surface area contributed by atoms with E-state index < -0.39 is 5.79 Å². The first-order valence-electron chi connectivity index (χ1n) is 5.63. The number of rotatable bonds is 2. The smallest absolute Gasteiger partial charge is 0.223 e. The maximum absolute atomic E-state index is 5.68. The van der Waals surface area contributed by atoms with E-state index >= 15 is 0 Å². The summed E-state index contributed by atoms with van der Waals surface area (Å²) in [7, 11) is 3.37. The van der Waals surface area contributed by atoms with Gasteiger partial charge in [-0.25, -0.2) is 0 Å². The first-order valence-corrected chi connectivity index (χ1v) is 5.63. The summed E-state index contributed by atoms with van der Waals surface area (Å²) in [5, 5.41) is 0. The van der Waals surface area contributed by atoms with Gasteiger partial charge in [0.1, 0.15) is 0 Å². The van der Waals surface area contributed by atoms with Gasteiger partial charge in [0.25, 0.3) is 0 Å². The second kappa shape index (κ2) is 3.69. The van der Waals surface area contributed by atoms with Crippen LogP contribution in [0.15, 0.2) is 48.5 Å². The zero-order chi connectivity index (χ0) is 11.9. The average Bonchev–Trinajstić information content (AvgIpc) is 2.70. The molecular weight excluding hydrogens is 212 g/mol. The van der Waals surface area contributed by atoms with Crippen LogP contribution in [0.2, 0.25) is 0 Å². The van der Waals surface area contributed by atoms with Gasteiger partial charge < -0.3 is 9.47 Å². The van der Waals surface area contributed by atoms with E-state index in [-0.39, 0.29) is 0 Å². The third-order valence-electron chi connectivity index (χ3n) is 3.43. The molecule has 2 heteroatoms. The van der Waals surface area contributed by atoms with Crippen molar-refractivity contribution >= 4 is 0 Å². The Balaban J connectivity index is 2.38. The minimum Gasteiger partial charge on any atom is -0.346 e. The lowest BCUT2D eigenvalue weighted by molar-refractivity contribution is -0.180. The fraction of sp³-hybridized carbons (Fsp3) is 0.200. The molecule has 0 unspecified atom stereocenters. The summed E-state index contributed by atoms with van der Waals surface area (Å²) in [6.45, 7) is 0. The van der Waals surface area contributed by atoms with E-state index in [4.69, 9.17) is 9.47 Å². The average molecular weight is 226 g/mol. The van der Waals surface area contributed by atoms with Gasteiger partial charge in [0, 0.05) is 25.3 Å². The minimum absolute atomic E-state index is 0.757. The van der Waals surface area contributed by atoms with Crippen LogP contribution in [0, 0.1) is 0 Å². The van der Waals surface area contributed by atoms with Crippen molar-refractivity contribution in [1.82, 2.24) is 0 Å². The standard InChI is InChI=1S/C15H14O2/c1-16-15(17-2)13-9-5-3-7-11(13)12-8-4-6-10-14(12)15/h3-10H,1-2H3. The van der Waals surface area contributed by atoms with Crippen LogP contribution in [0.1, 0.15) is 11.1 Å². The summed E-state index contributed by atoms with van der Waals surface area (Å²) in [4.78, 5) is 0. The Kier molecular flexibility index (Phi) is 2.28. The molecule has 0 fully saturated rings. The number of fused-ring (bicyclic) bond motifs is 3. The number of hydrogen-bond acceptors (Lipinski definition) is 2. The van der Waals surface area contributed by atoms with E-state index in [1.165, 1.54) is 11.1 Å². The summed E-state index contributed by atoms with van der Waals surface area (Å²) in [6.07, 6.45) is 0. The number of hydrogen-bond donors (Lipinski definition) is 0. The molecule has 0 saturated heterocycles. The van der Waals surface area contributed by atoms with Gasteiger partial charge >= 0.3 is 0 Å². The Labute approximate surface area is 101 Å². The first kappa shape index (κ1) is 10.5. The monoisotopic (exact) mass is 226 g/mol. The molecule has 0 heterocycles. The molecular formula is C15H14O2. The van der Waals surface area contributed by atoms with Crippen molar-refractivity contribution in [3.8, 4) is 11.1 Å². The highest BCUT2D eigenvalue weighted by atomic mass is 16.7. The SMILES string of the molecule is COC1(OC)c2ccccc2-c2ccccc21. The minimum atomic E-state index is -0.757. The van der Waals surface area contributed by atoms with Crippen molar-refractivity contribution in [1.29, 1.82) is 0 Å². The number of ether oxygens (including phenoxy) is 2. The van der Waals surface area contributed by atoms with Crippen LogP contribution in [0.5, 0.6) is 0 Å². The second-order valence-corrected chi connectivity index (χ2v) is 4.12. The van der Waals surface area contributed by atoms with Crippen LogP contribution < -0.4 is 0 Å². The largest absolute Gasteiger partial charge is 0.346 e. The Bertz CT molecular complexity index is 509. The van der Waals surface area contributed by atoms with Crippen molar-refractivity contribution in [3.63, 3.8) is 0 Å². The van der Waals surface area contributed by atoms with Crippen molar-refractivity contribution in [2.45, 2.75) is 5.79 Å². The molecule has 0 aromatic heterocycles. The molecule has 1 aliphatic carbocycles. The first-order chi connectivity index (χ1) is 8.33. The molecule has 0 radical (unpaired) electrons. The Morgan fingerprint density at radius 2 is 1.12 bits per heavy atom. The molecule has 2 nitrogen and oxygen atoms in total. The van der Waals surface area contributed by atoms with Crippen LogP contribution >= 0.6 is 0 Å². The van der Waals surface area contributed by atoms with Crippen LogP contribution in [0.25, 0.3) is 11.1 Å². The predicted molar refractivity (Wildman–Crippen MR) is 66.7 cm³/mol. The van der Waals surface area contributed by atoms with Crippen LogP contribution in [0.3, 0.4) is 0 Å². The van der Waals surface area contributed by atoms with Crippen LogP contribution in [-0.2, 0) is 15.3 Å². The van der Waals surface area contributed by atoms with Crippen molar-refractivity contribution < 1.29 is 9.47 Å². The quantitative estimate of drug-likeness (QED) is 0.732. The highest BCUT2D eigenvalue weighted by Gasteiger charge is 2.43. The summed E-state index contributed by atoms with van der Waals surface area (Å²) < 4.78 is 11.4. The molecule has 0 amide bonds. The van der Waals surface area contributed by atoms with Crippen molar-refractivity contribution in [2.75, 3.05) is 14.2 Å². The summed E-state index contributed by atoms with van der Waals surface area (Å²) in [6, 6.07) is 16.4. The molecule has 2 aromatic carbocycles. The summed E-state index contributed by atoms with van der Waals surface area (Å²) in [5.41, 5.74) is 4.52. The zero-order valence-electron chi connectivity index (χ0n) is 9.94. The molecule has 1 aliphatic rings. The lowest BCUT2D eigenvalue weighted by Crippen LogP contribution is -2.29. The molecule has 0 atom stereocenters.